The lowest BCUT2D eigenvalue weighted by molar-refractivity contribution is -0.233. The second-order valence-corrected chi connectivity index (χ2v) is 2.86. The second-order valence-electron chi connectivity index (χ2n) is 1.27. The van der Waals surface area contributed by atoms with E-state index in [9.17, 15) is 31.1 Å². The molecule has 0 N–H and O–H groups in total. The van der Waals surface area contributed by atoms with E-state index in [0.29, 0.717) is 0 Å². The summed E-state index contributed by atoms with van der Waals surface area (Å²) >= 11 is 0. The van der Waals surface area contributed by atoms with Crippen LogP contribution < -0.4 is 5.11 Å². The van der Waals surface area contributed by atoms with E-state index in [4.69, 9.17) is 0 Å². The first-order valence-electron chi connectivity index (χ1n) is 1.90. The molecule has 0 rings (SSSR count). The fourth-order valence-electron chi connectivity index (χ4n) is 0.146. The Kier molecular flexibility index (Phi) is 2.44. The number of alkyl halides is 3. The summed E-state index contributed by atoms with van der Waals surface area (Å²) in [6, 6.07) is 0. The molecule has 0 fully saturated rings. The molecule has 0 bridgehead atoms. The van der Waals surface area contributed by atoms with Gasteiger partial charge in [-0.2, -0.15) is 21.6 Å². The summed E-state index contributed by atoms with van der Waals surface area (Å²) in [5, 5.41) is 9.19. The summed E-state index contributed by atoms with van der Waals surface area (Å²) in [5.74, 6) is 0. The van der Waals surface area contributed by atoms with Crippen LogP contribution in [0.25, 0.3) is 0 Å². The molecule has 0 aliphatic rings. The molecule has 0 radical (unpaired) electrons. The minimum absolute atomic E-state index is 1.22. The van der Waals surface area contributed by atoms with E-state index in [-0.39, 0.29) is 0 Å². The Morgan fingerprint density at radius 3 is 1.82 bits per heavy atom. The van der Waals surface area contributed by atoms with Gasteiger partial charge in [0.25, 0.3) is 0 Å². The van der Waals surface area contributed by atoms with Gasteiger partial charge in [0.05, 0.1) is 0 Å². The fourth-order valence-corrected chi connectivity index (χ4v) is 0.439. The first-order chi connectivity index (χ1) is 4.67. The van der Waals surface area contributed by atoms with E-state index in [1.165, 1.54) is 4.40 Å². The van der Waals surface area contributed by atoms with E-state index in [0.717, 1.165) is 0 Å². The molecule has 0 atom stereocenters. The SMILES string of the molecule is O=S(=O)(/N=C(\[O-])F)C(F)(F)F. The maximum Gasteiger partial charge on any atom is 0.518 e. The van der Waals surface area contributed by atoms with E-state index < -0.39 is 21.7 Å². The summed E-state index contributed by atoms with van der Waals surface area (Å²) in [5.41, 5.74) is -5.73. The van der Waals surface area contributed by atoms with Crippen LogP contribution in [0.5, 0.6) is 0 Å². The van der Waals surface area contributed by atoms with Crippen LogP contribution in [-0.4, -0.2) is 20.1 Å². The molecule has 0 aliphatic heterocycles. The van der Waals surface area contributed by atoms with Crippen LogP contribution in [0.3, 0.4) is 0 Å². The molecule has 0 saturated heterocycles. The summed E-state index contributed by atoms with van der Waals surface area (Å²) < 4.78 is 65.3. The minimum Gasteiger partial charge on any atom is -0.836 e. The highest BCUT2D eigenvalue weighted by Gasteiger charge is 2.45. The van der Waals surface area contributed by atoms with Crippen LogP contribution in [0.2, 0.25) is 0 Å². The van der Waals surface area contributed by atoms with Crippen molar-refractivity contribution in [2.75, 3.05) is 0 Å². The minimum atomic E-state index is -6.00. The molecule has 0 aromatic rings. The van der Waals surface area contributed by atoms with Crippen molar-refractivity contribution in [1.29, 1.82) is 0 Å². The van der Waals surface area contributed by atoms with E-state index in [2.05, 4.69) is 0 Å². The van der Waals surface area contributed by atoms with Gasteiger partial charge in [-0.1, -0.05) is 0 Å². The molecule has 0 unspecified atom stereocenters. The van der Waals surface area contributed by atoms with Gasteiger partial charge in [0.2, 0.25) is 0 Å². The van der Waals surface area contributed by atoms with Gasteiger partial charge < -0.3 is 5.11 Å². The Hall–Kier alpha value is -0.860. The van der Waals surface area contributed by atoms with E-state index >= 15 is 0 Å². The van der Waals surface area contributed by atoms with Crippen molar-refractivity contribution >= 4 is 16.2 Å². The number of hydrogen-bond donors (Lipinski definition) is 0. The molecule has 0 spiro atoms. The highest BCUT2D eigenvalue weighted by atomic mass is 32.2. The highest BCUT2D eigenvalue weighted by molar-refractivity contribution is 7.91. The van der Waals surface area contributed by atoms with E-state index in [1.807, 2.05) is 0 Å². The third kappa shape index (κ3) is 2.70. The molecule has 0 aliphatic carbocycles. The number of nitrogens with zero attached hydrogens (tertiary/aromatic N) is 1. The summed E-state index contributed by atoms with van der Waals surface area (Å²) in [7, 11) is -6.00. The Morgan fingerprint density at radius 1 is 1.36 bits per heavy atom. The van der Waals surface area contributed by atoms with Crippen molar-refractivity contribution in [3.63, 3.8) is 0 Å². The van der Waals surface area contributed by atoms with Crippen LogP contribution in [0, 0.1) is 0 Å². The topological polar surface area (TPSA) is 69.6 Å². The van der Waals surface area contributed by atoms with Gasteiger partial charge in [-0.25, -0.2) is 4.39 Å². The molecular weight excluding hydrogens is 194 g/mol. The van der Waals surface area contributed by atoms with Gasteiger partial charge in [0, 0.05) is 0 Å². The molecule has 66 valence electrons. The fraction of sp³-hybridized carbons (Fsp3) is 0.500. The van der Waals surface area contributed by atoms with E-state index in [1.54, 1.807) is 0 Å². The van der Waals surface area contributed by atoms with Gasteiger partial charge in [-0.05, 0) is 0 Å². The smallest absolute Gasteiger partial charge is 0.518 e. The quantitative estimate of drug-likeness (QED) is 0.321. The molecular formula is C2F4NO3S-. The lowest BCUT2D eigenvalue weighted by Gasteiger charge is -2.03. The van der Waals surface area contributed by atoms with Crippen molar-refractivity contribution in [2.45, 2.75) is 5.51 Å². The lowest BCUT2D eigenvalue weighted by atomic mass is 11.5. The van der Waals surface area contributed by atoms with Crippen LogP contribution in [0.1, 0.15) is 0 Å². The zero-order valence-electron chi connectivity index (χ0n) is 4.59. The summed E-state index contributed by atoms with van der Waals surface area (Å²) in [6.07, 6.45) is -2.90. The predicted molar refractivity (Wildman–Crippen MR) is 23.5 cm³/mol. The maximum absolute atomic E-state index is 11.2. The third-order valence-electron chi connectivity index (χ3n) is 0.484. The predicted octanol–water partition coefficient (Wildman–Crippen LogP) is -0.478. The Morgan fingerprint density at radius 2 is 1.73 bits per heavy atom. The average molecular weight is 194 g/mol. The van der Waals surface area contributed by atoms with Crippen LogP contribution in [0.4, 0.5) is 17.6 Å². The Bertz CT molecular complexity index is 260. The molecule has 4 nitrogen and oxygen atoms in total. The van der Waals surface area contributed by atoms with Crippen molar-refractivity contribution in [2.24, 2.45) is 4.40 Å². The van der Waals surface area contributed by atoms with Gasteiger partial charge in [0.1, 0.15) is 0 Å². The molecule has 0 heterocycles. The van der Waals surface area contributed by atoms with Crippen molar-refractivity contribution in [1.82, 2.24) is 0 Å². The molecule has 11 heavy (non-hydrogen) atoms. The molecule has 9 heteroatoms. The summed E-state index contributed by atoms with van der Waals surface area (Å²) in [4.78, 5) is 0. The second kappa shape index (κ2) is 2.64. The summed E-state index contributed by atoms with van der Waals surface area (Å²) in [6.45, 7) is 0. The first kappa shape index (κ1) is 10.1. The van der Waals surface area contributed by atoms with Gasteiger partial charge in [0.15, 0.2) is 6.15 Å². The number of halogens is 4. The van der Waals surface area contributed by atoms with Gasteiger partial charge >= 0.3 is 15.5 Å². The standard InChI is InChI=1S/C2HF4NO3S/c3-1(8)7-11(9,10)2(4,5)6/h(H,7,8)/p-1. The lowest BCUT2D eigenvalue weighted by Crippen LogP contribution is -2.24. The van der Waals surface area contributed by atoms with Gasteiger partial charge in [-0.3, -0.25) is 0 Å². The normalized spacial score (nSPS) is 15.1. The largest absolute Gasteiger partial charge is 0.836 e. The molecule has 0 amide bonds. The van der Waals surface area contributed by atoms with Crippen LogP contribution in [0.15, 0.2) is 4.40 Å². The number of sulfonamides is 1. The van der Waals surface area contributed by atoms with Gasteiger partial charge in [-0.15, -0.1) is 4.40 Å². The molecule has 0 saturated carbocycles. The van der Waals surface area contributed by atoms with Crippen molar-refractivity contribution in [3.8, 4) is 0 Å². The average Bonchev–Trinajstić information content (AvgIpc) is 1.56. The zero-order valence-corrected chi connectivity index (χ0v) is 5.41. The Labute approximate surface area is 58.2 Å². The maximum atomic E-state index is 11.2. The zero-order chi connectivity index (χ0) is 9.28. The van der Waals surface area contributed by atoms with Crippen LogP contribution >= 0.6 is 0 Å². The van der Waals surface area contributed by atoms with Crippen LogP contribution in [-0.2, 0) is 10.0 Å². The Balaban J connectivity index is 4.95. The highest BCUT2D eigenvalue weighted by Crippen LogP contribution is 2.24. The first-order valence-corrected chi connectivity index (χ1v) is 3.34. The molecule has 0 aromatic heterocycles. The number of rotatable bonds is 1. The number of hydrogen-bond acceptors (Lipinski definition) is 3. The monoisotopic (exact) mass is 194 g/mol. The van der Waals surface area contributed by atoms with Crippen molar-refractivity contribution < 1.29 is 31.1 Å². The van der Waals surface area contributed by atoms with Crippen molar-refractivity contribution in [3.05, 3.63) is 0 Å². The molecule has 0 aromatic carbocycles. The third-order valence-corrected chi connectivity index (χ3v) is 1.45.